The molecule has 118 valence electrons. The van der Waals surface area contributed by atoms with E-state index in [2.05, 4.69) is 15.1 Å². The van der Waals surface area contributed by atoms with Gasteiger partial charge in [0.25, 0.3) is 0 Å². The maximum Gasteiger partial charge on any atom is 0.231 e. The minimum Gasteiger partial charge on any atom is -0.374 e. The number of amides is 1. The third kappa shape index (κ3) is 4.52. The fraction of sp³-hybridized carbons (Fsp3) is 0.714. The molecular weight excluding hydrogens is 270 g/mol. The Bertz CT molecular complexity index is 468. The Morgan fingerprint density at radius 1 is 1.57 bits per heavy atom. The van der Waals surface area contributed by atoms with E-state index in [1.165, 1.54) is 5.56 Å². The number of rotatable bonds is 6. The number of nitrogens with zero attached hydrogens (tertiary/aromatic N) is 3. The minimum absolute atomic E-state index is 0.107. The fourth-order valence-electron chi connectivity index (χ4n) is 2.74. The Hall–Kier alpha value is -1.44. The topological polar surface area (TPSA) is 87.5 Å². The Morgan fingerprint density at radius 3 is 2.95 bits per heavy atom. The van der Waals surface area contributed by atoms with Crippen molar-refractivity contribution in [2.75, 3.05) is 39.8 Å². The van der Waals surface area contributed by atoms with Gasteiger partial charge in [0, 0.05) is 37.4 Å². The second-order valence-electron chi connectivity index (χ2n) is 5.80. The van der Waals surface area contributed by atoms with E-state index in [0.29, 0.717) is 13.2 Å². The summed E-state index contributed by atoms with van der Waals surface area (Å²) in [5.74, 6) is -0.310. The van der Waals surface area contributed by atoms with E-state index < -0.39 is 0 Å². The Labute approximate surface area is 125 Å². The summed E-state index contributed by atoms with van der Waals surface area (Å²) in [5, 5.41) is 7.26. The Kier molecular flexibility index (Phi) is 5.33. The van der Waals surface area contributed by atoms with Gasteiger partial charge in [0.05, 0.1) is 24.9 Å². The first-order valence-corrected chi connectivity index (χ1v) is 7.27. The van der Waals surface area contributed by atoms with Crippen molar-refractivity contribution in [1.82, 2.24) is 20.0 Å². The van der Waals surface area contributed by atoms with Crippen LogP contribution in [0.4, 0.5) is 0 Å². The van der Waals surface area contributed by atoms with Crippen LogP contribution in [0.5, 0.6) is 0 Å². The van der Waals surface area contributed by atoms with Crippen LogP contribution in [-0.4, -0.2) is 71.8 Å². The van der Waals surface area contributed by atoms with Crippen LogP contribution in [-0.2, 0) is 16.1 Å². The number of ether oxygens (including phenoxy) is 1. The summed E-state index contributed by atoms with van der Waals surface area (Å²) in [4.78, 5) is 15.2. The molecular formula is C14H25N5O2. The van der Waals surface area contributed by atoms with Crippen LogP contribution in [0.15, 0.2) is 0 Å². The highest BCUT2D eigenvalue weighted by atomic mass is 16.5. The summed E-state index contributed by atoms with van der Waals surface area (Å²) in [5.41, 5.74) is 8.66. The molecule has 1 aliphatic rings. The van der Waals surface area contributed by atoms with Gasteiger partial charge in [0.2, 0.25) is 5.91 Å². The molecule has 0 radical (unpaired) electrons. The summed E-state index contributed by atoms with van der Waals surface area (Å²) in [6.45, 7) is 8.42. The van der Waals surface area contributed by atoms with Gasteiger partial charge in [-0.25, -0.2) is 0 Å². The SMILES string of the molecule is Cc1n[nH]c(C)c1CN1CCOC(CN(C)CC(N)=O)C1. The van der Waals surface area contributed by atoms with Crippen molar-refractivity contribution in [2.24, 2.45) is 5.73 Å². The normalized spacial score (nSPS) is 20.1. The van der Waals surface area contributed by atoms with Crippen molar-refractivity contribution < 1.29 is 9.53 Å². The number of aromatic nitrogens is 2. The molecule has 0 aromatic carbocycles. The maximum atomic E-state index is 10.9. The number of primary amides is 1. The number of likely N-dealkylation sites (N-methyl/N-ethyl adjacent to an activating group) is 1. The molecule has 1 atom stereocenters. The molecule has 0 saturated carbocycles. The number of carbonyl (C=O) groups is 1. The lowest BCUT2D eigenvalue weighted by Crippen LogP contribution is -2.47. The van der Waals surface area contributed by atoms with E-state index >= 15 is 0 Å². The summed E-state index contributed by atoms with van der Waals surface area (Å²) in [6.07, 6.45) is 0.107. The van der Waals surface area contributed by atoms with Gasteiger partial charge >= 0.3 is 0 Å². The maximum absolute atomic E-state index is 10.9. The van der Waals surface area contributed by atoms with Crippen LogP contribution in [0.1, 0.15) is 17.0 Å². The number of carbonyl (C=O) groups excluding carboxylic acids is 1. The van der Waals surface area contributed by atoms with Gasteiger partial charge in [-0.1, -0.05) is 0 Å². The van der Waals surface area contributed by atoms with E-state index in [0.717, 1.165) is 31.0 Å². The largest absolute Gasteiger partial charge is 0.374 e. The highest BCUT2D eigenvalue weighted by Gasteiger charge is 2.23. The Morgan fingerprint density at radius 2 is 2.33 bits per heavy atom. The Balaban J connectivity index is 1.87. The van der Waals surface area contributed by atoms with Crippen LogP contribution in [0, 0.1) is 13.8 Å². The monoisotopic (exact) mass is 295 g/mol. The van der Waals surface area contributed by atoms with Crippen molar-refractivity contribution >= 4 is 5.91 Å². The molecule has 3 N–H and O–H groups in total. The standard InChI is InChI=1S/C14H25N5O2/c1-10-13(11(2)17-16-10)8-19-4-5-21-12(7-19)6-18(3)9-14(15)20/h12H,4-9H2,1-3H3,(H2,15,20)(H,16,17). The smallest absolute Gasteiger partial charge is 0.231 e. The molecule has 1 aromatic heterocycles. The van der Waals surface area contributed by atoms with Gasteiger partial charge in [0.1, 0.15) is 0 Å². The number of nitrogens with one attached hydrogen (secondary N) is 1. The van der Waals surface area contributed by atoms with Crippen LogP contribution in [0.2, 0.25) is 0 Å². The number of nitrogens with two attached hydrogens (primary N) is 1. The predicted octanol–water partition coefficient (Wildman–Crippen LogP) is -0.356. The molecule has 0 bridgehead atoms. The first-order chi connectivity index (χ1) is 9.95. The fourth-order valence-corrected chi connectivity index (χ4v) is 2.74. The van der Waals surface area contributed by atoms with Crippen molar-refractivity contribution in [3.8, 4) is 0 Å². The van der Waals surface area contributed by atoms with Gasteiger partial charge < -0.3 is 10.5 Å². The summed E-state index contributed by atoms with van der Waals surface area (Å²) in [7, 11) is 1.89. The number of aromatic amines is 1. The van der Waals surface area contributed by atoms with Crippen molar-refractivity contribution in [3.05, 3.63) is 17.0 Å². The molecule has 2 rings (SSSR count). The molecule has 1 saturated heterocycles. The van der Waals surface area contributed by atoms with E-state index in [1.807, 2.05) is 25.8 Å². The molecule has 7 nitrogen and oxygen atoms in total. The molecule has 1 fully saturated rings. The van der Waals surface area contributed by atoms with Gasteiger partial charge in [-0.15, -0.1) is 0 Å². The van der Waals surface area contributed by atoms with Gasteiger partial charge in [-0.05, 0) is 20.9 Å². The highest BCUT2D eigenvalue weighted by molar-refractivity contribution is 5.75. The van der Waals surface area contributed by atoms with Gasteiger partial charge in [-0.3, -0.25) is 19.7 Å². The van der Waals surface area contributed by atoms with Gasteiger partial charge in [0.15, 0.2) is 0 Å². The lowest BCUT2D eigenvalue weighted by molar-refractivity contribution is -0.119. The van der Waals surface area contributed by atoms with Crippen molar-refractivity contribution in [3.63, 3.8) is 0 Å². The lowest BCUT2D eigenvalue weighted by Gasteiger charge is -2.34. The zero-order valence-electron chi connectivity index (χ0n) is 13.1. The van der Waals surface area contributed by atoms with Crippen LogP contribution < -0.4 is 5.73 Å². The van der Waals surface area contributed by atoms with Crippen LogP contribution >= 0.6 is 0 Å². The summed E-state index contributed by atoms with van der Waals surface area (Å²) < 4.78 is 5.78. The van der Waals surface area contributed by atoms with E-state index in [1.54, 1.807) is 0 Å². The second-order valence-corrected chi connectivity index (χ2v) is 5.80. The lowest BCUT2D eigenvalue weighted by atomic mass is 10.1. The molecule has 1 aliphatic heterocycles. The van der Waals surface area contributed by atoms with E-state index in [-0.39, 0.29) is 18.6 Å². The summed E-state index contributed by atoms with van der Waals surface area (Å²) in [6, 6.07) is 0. The molecule has 0 spiro atoms. The first-order valence-electron chi connectivity index (χ1n) is 7.27. The van der Waals surface area contributed by atoms with Crippen LogP contribution in [0.3, 0.4) is 0 Å². The quantitative estimate of drug-likeness (QED) is 0.748. The van der Waals surface area contributed by atoms with E-state index in [9.17, 15) is 4.79 Å². The third-order valence-corrected chi connectivity index (χ3v) is 3.83. The number of hydrogen-bond acceptors (Lipinski definition) is 5. The van der Waals surface area contributed by atoms with Gasteiger partial charge in [-0.2, -0.15) is 5.10 Å². The molecule has 2 heterocycles. The number of hydrogen-bond donors (Lipinski definition) is 2. The number of H-pyrrole nitrogens is 1. The first kappa shape index (κ1) is 15.9. The predicted molar refractivity (Wildman–Crippen MR) is 79.8 cm³/mol. The molecule has 7 heteroatoms. The highest BCUT2D eigenvalue weighted by Crippen LogP contribution is 2.15. The third-order valence-electron chi connectivity index (χ3n) is 3.83. The van der Waals surface area contributed by atoms with E-state index in [4.69, 9.17) is 10.5 Å². The van der Waals surface area contributed by atoms with Crippen molar-refractivity contribution in [2.45, 2.75) is 26.5 Å². The molecule has 21 heavy (non-hydrogen) atoms. The second kappa shape index (κ2) is 7.02. The molecule has 1 amide bonds. The molecule has 1 aromatic rings. The summed E-state index contributed by atoms with van der Waals surface area (Å²) >= 11 is 0. The average Bonchev–Trinajstić information content (AvgIpc) is 2.70. The molecule has 1 unspecified atom stereocenters. The molecule has 0 aliphatic carbocycles. The average molecular weight is 295 g/mol. The zero-order chi connectivity index (χ0) is 15.4. The zero-order valence-corrected chi connectivity index (χ0v) is 13.1. The van der Waals surface area contributed by atoms with Crippen LogP contribution in [0.25, 0.3) is 0 Å². The van der Waals surface area contributed by atoms with Crippen molar-refractivity contribution in [1.29, 1.82) is 0 Å². The number of aryl methyl sites for hydroxylation is 2. The minimum atomic E-state index is -0.310. The number of morpholine rings is 1.